The van der Waals surface area contributed by atoms with Gasteiger partial charge in [0, 0.05) is 24.6 Å². The van der Waals surface area contributed by atoms with E-state index in [1.165, 1.54) is 19.2 Å². The zero-order chi connectivity index (χ0) is 19.6. The molecule has 136 valence electrons. The average molecular weight is 365 g/mol. The molecule has 9 heteroatoms. The zero-order valence-corrected chi connectivity index (χ0v) is 14.5. The normalized spacial score (nSPS) is 11.4. The Balaban J connectivity index is 1.88. The number of nitro benzene ring substituents is 1. The number of hydrogen-bond donors (Lipinski definition) is 1. The maximum absolute atomic E-state index is 12.5. The van der Waals surface area contributed by atoms with Gasteiger partial charge < -0.3 is 0 Å². The molecule has 0 atom stereocenters. The van der Waals surface area contributed by atoms with Gasteiger partial charge in [0.15, 0.2) is 5.69 Å². The van der Waals surface area contributed by atoms with Gasteiger partial charge in [0.2, 0.25) is 0 Å². The van der Waals surface area contributed by atoms with Crippen molar-refractivity contribution in [2.75, 3.05) is 0 Å². The molecule has 3 rings (SSSR count). The number of aromatic nitrogens is 2. The van der Waals surface area contributed by atoms with E-state index in [1.807, 2.05) is 0 Å². The second-order valence-electron chi connectivity index (χ2n) is 5.77. The predicted octanol–water partition coefficient (Wildman–Crippen LogP) is 2.00. The molecule has 1 heterocycles. The van der Waals surface area contributed by atoms with Gasteiger partial charge in [-0.05, 0) is 30.7 Å². The van der Waals surface area contributed by atoms with Gasteiger partial charge in [-0.1, -0.05) is 18.2 Å². The lowest BCUT2D eigenvalue weighted by molar-refractivity contribution is -0.384. The van der Waals surface area contributed by atoms with Crippen LogP contribution in [0.15, 0.2) is 58.4 Å². The Morgan fingerprint density at radius 2 is 1.78 bits per heavy atom. The highest BCUT2D eigenvalue weighted by Gasteiger charge is 2.15. The standard InChI is InChI=1S/C18H15N5O4/c1-11(12-7-9-13(10-8-12)23(26)27)19-20-17(24)16-14-5-3-4-6-15(14)18(25)22(2)21-16/h3-10H,1-2H3,(H,20,24)/b19-11+. The lowest BCUT2D eigenvalue weighted by atomic mass is 10.1. The Hall–Kier alpha value is -3.88. The average Bonchev–Trinajstić information content (AvgIpc) is 2.68. The van der Waals surface area contributed by atoms with Crippen LogP contribution >= 0.6 is 0 Å². The minimum absolute atomic E-state index is 0.0311. The summed E-state index contributed by atoms with van der Waals surface area (Å²) < 4.78 is 1.10. The van der Waals surface area contributed by atoms with Crippen molar-refractivity contribution in [3.05, 3.63) is 80.3 Å². The topological polar surface area (TPSA) is 119 Å². The van der Waals surface area contributed by atoms with Crippen molar-refractivity contribution in [3.63, 3.8) is 0 Å². The molecule has 0 bridgehead atoms. The molecule has 2 aromatic carbocycles. The molecule has 0 saturated heterocycles. The minimum Gasteiger partial charge on any atom is -0.267 e. The first kappa shape index (κ1) is 17.9. The lowest BCUT2D eigenvalue weighted by Gasteiger charge is -2.07. The third-order valence-corrected chi connectivity index (χ3v) is 3.99. The van der Waals surface area contributed by atoms with Crippen molar-refractivity contribution in [1.29, 1.82) is 0 Å². The molecule has 27 heavy (non-hydrogen) atoms. The third-order valence-electron chi connectivity index (χ3n) is 3.99. The molecule has 0 spiro atoms. The van der Waals surface area contributed by atoms with Gasteiger partial charge in [0.1, 0.15) is 0 Å². The van der Waals surface area contributed by atoms with Crippen LogP contribution in [0.5, 0.6) is 0 Å². The first-order chi connectivity index (χ1) is 12.9. The maximum atomic E-state index is 12.5. The number of carbonyl (C=O) groups is 1. The molecule has 1 amide bonds. The van der Waals surface area contributed by atoms with E-state index in [1.54, 1.807) is 43.3 Å². The van der Waals surface area contributed by atoms with Gasteiger partial charge >= 0.3 is 0 Å². The number of nitrogens with zero attached hydrogens (tertiary/aromatic N) is 4. The van der Waals surface area contributed by atoms with Gasteiger partial charge in [0.05, 0.1) is 16.0 Å². The number of hydrogen-bond acceptors (Lipinski definition) is 6. The Morgan fingerprint density at radius 3 is 2.41 bits per heavy atom. The number of nitrogens with one attached hydrogen (secondary N) is 1. The van der Waals surface area contributed by atoms with Crippen LogP contribution in [0.1, 0.15) is 23.0 Å². The van der Waals surface area contributed by atoms with E-state index in [0.29, 0.717) is 22.0 Å². The number of fused-ring (bicyclic) bond motifs is 1. The van der Waals surface area contributed by atoms with E-state index in [9.17, 15) is 19.7 Å². The summed E-state index contributed by atoms with van der Waals surface area (Å²) >= 11 is 0. The van der Waals surface area contributed by atoms with Crippen molar-refractivity contribution in [3.8, 4) is 0 Å². The fourth-order valence-corrected chi connectivity index (χ4v) is 2.54. The smallest absolute Gasteiger partial charge is 0.267 e. The second kappa shape index (κ2) is 7.16. The Morgan fingerprint density at radius 1 is 1.15 bits per heavy atom. The maximum Gasteiger partial charge on any atom is 0.292 e. The summed E-state index contributed by atoms with van der Waals surface area (Å²) in [6, 6.07) is 12.5. The SMILES string of the molecule is C/C(=N\NC(=O)c1nn(C)c(=O)c2ccccc12)c1ccc([N+](=O)[O-])cc1. The van der Waals surface area contributed by atoms with E-state index in [-0.39, 0.29) is 16.9 Å². The first-order valence-electron chi connectivity index (χ1n) is 7.94. The van der Waals surface area contributed by atoms with Gasteiger partial charge in [-0.15, -0.1) is 0 Å². The number of carbonyl (C=O) groups excluding carboxylic acids is 1. The van der Waals surface area contributed by atoms with Crippen molar-refractivity contribution in [2.45, 2.75) is 6.92 Å². The number of amides is 1. The molecule has 0 aliphatic heterocycles. The van der Waals surface area contributed by atoms with Crippen LogP contribution in [0.3, 0.4) is 0 Å². The van der Waals surface area contributed by atoms with Crippen molar-refractivity contribution >= 4 is 28.1 Å². The van der Waals surface area contributed by atoms with E-state index in [4.69, 9.17) is 0 Å². The van der Waals surface area contributed by atoms with E-state index >= 15 is 0 Å². The van der Waals surface area contributed by atoms with Crippen LogP contribution in [0, 0.1) is 10.1 Å². The van der Waals surface area contributed by atoms with E-state index in [0.717, 1.165) is 4.68 Å². The lowest BCUT2D eigenvalue weighted by Crippen LogP contribution is -2.27. The molecule has 0 aliphatic carbocycles. The highest BCUT2D eigenvalue weighted by atomic mass is 16.6. The number of nitro groups is 1. The first-order valence-corrected chi connectivity index (χ1v) is 7.94. The largest absolute Gasteiger partial charge is 0.292 e. The fraction of sp³-hybridized carbons (Fsp3) is 0.111. The summed E-state index contributed by atoms with van der Waals surface area (Å²) in [7, 11) is 1.47. The summed E-state index contributed by atoms with van der Waals surface area (Å²) in [5.41, 5.74) is 3.25. The molecular formula is C18H15N5O4. The molecule has 0 fully saturated rings. The summed E-state index contributed by atoms with van der Waals surface area (Å²) in [6.07, 6.45) is 0. The minimum atomic E-state index is -0.567. The second-order valence-corrected chi connectivity index (χ2v) is 5.77. The summed E-state index contributed by atoms with van der Waals surface area (Å²) in [6.45, 7) is 1.66. The molecule has 0 unspecified atom stereocenters. The summed E-state index contributed by atoms with van der Waals surface area (Å²) in [4.78, 5) is 34.8. The molecule has 0 aliphatic rings. The molecule has 3 aromatic rings. The molecule has 9 nitrogen and oxygen atoms in total. The van der Waals surface area contributed by atoms with Crippen LogP contribution in [-0.4, -0.2) is 26.3 Å². The van der Waals surface area contributed by atoms with Crippen LogP contribution in [0.4, 0.5) is 5.69 Å². The highest BCUT2D eigenvalue weighted by Crippen LogP contribution is 2.14. The van der Waals surface area contributed by atoms with Crippen molar-refractivity contribution in [1.82, 2.24) is 15.2 Å². The third kappa shape index (κ3) is 3.56. The van der Waals surface area contributed by atoms with Gasteiger partial charge in [0.25, 0.3) is 17.2 Å². The van der Waals surface area contributed by atoms with E-state index < -0.39 is 10.8 Å². The van der Waals surface area contributed by atoms with Crippen molar-refractivity contribution < 1.29 is 9.72 Å². The molecule has 1 N–H and O–H groups in total. The molecule has 1 aromatic heterocycles. The fourth-order valence-electron chi connectivity index (χ4n) is 2.54. The number of rotatable bonds is 4. The number of benzene rings is 2. The van der Waals surface area contributed by atoms with Crippen LogP contribution < -0.4 is 11.0 Å². The molecule has 0 saturated carbocycles. The monoisotopic (exact) mass is 365 g/mol. The zero-order valence-electron chi connectivity index (χ0n) is 14.5. The van der Waals surface area contributed by atoms with Gasteiger partial charge in [-0.25, -0.2) is 10.1 Å². The van der Waals surface area contributed by atoms with Crippen LogP contribution in [0.25, 0.3) is 10.8 Å². The number of non-ortho nitro benzene ring substituents is 1. The predicted molar refractivity (Wildman–Crippen MR) is 99.8 cm³/mol. The van der Waals surface area contributed by atoms with Crippen LogP contribution in [-0.2, 0) is 7.05 Å². The Bertz CT molecular complexity index is 1130. The van der Waals surface area contributed by atoms with Gasteiger partial charge in [-0.3, -0.25) is 19.7 Å². The highest BCUT2D eigenvalue weighted by molar-refractivity contribution is 6.06. The van der Waals surface area contributed by atoms with E-state index in [2.05, 4.69) is 15.6 Å². The number of hydrazone groups is 1. The quantitative estimate of drug-likeness (QED) is 0.431. The summed E-state index contributed by atoms with van der Waals surface area (Å²) in [5, 5.41) is 19.6. The molecule has 0 radical (unpaired) electrons. The van der Waals surface area contributed by atoms with Crippen LogP contribution in [0.2, 0.25) is 0 Å². The van der Waals surface area contributed by atoms with Crippen molar-refractivity contribution in [2.24, 2.45) is 12.1 Å². The summed E-state index contributed by atoms with van der Waals surface area (Å²) in [5.74, 6) is -0.567. The Labute approximate surface area is 153 Å². The van der Waals surface area contributed by atoms with Gasteiger partial charge in [-0.2, -0.15) is 10.2 Å². The number of aryl methyl sites for hydroxylation is 1. The molecular weight excluding hydrogens is 350 g/mol. The Kier molecular flexibility index (Phi) is 4.75.